The molecule has 102 valence electrons. The molecule has 3 heterocycles. The zero-order chi connectivity index (χ0) is 13.2. The van der Waals surface area contributed by atoms with Crippen LogP contribution >= 0.6 is 22.7 Å². The average molecular weight is 295 g/mol. The Morgan fingerprint density at radius 1 is 1.47 bits per heavy atom. The minimum atomic E-state index is 0.495. The smallest absolute Gasteiger partial charge is 0.203 e. The summed E-state index contributed by atoms with van der Waals surface area (Å²) in [5.74, 6) is 0.802. The van der Waals surface area contributed by atoms with Gasteiger partial charge in [0.15, 0.2) is 5.01 Å². The number of nitrogens with zero attached hydrogens (tertiary/aromatic N) is 4. The molecule has 1 aliphatic rings. The molecular formula is C12H17N5S2. The maximum atomic E-state index is 5.60. The predicted octanol–water partition coefficient (Wildman–Crippen LogP) is 2.48. The van der Waals surface area contributed by atoms with Crippen LogP contribution in [0.1, 0.15) is 24.8 Å². The summed E-state index contributed by atoms with van der Waals surface area (Å²) in [6.07, 6.45) is 2.65. The van der Waals surface area contributed by atoms with Crippen LogP contribution in [-0.4, -0.2) is 33.2 Å². The third-order valence-corrected chi connectivity index (χ3v) is 4.92. The Morgan fingerprint density at radius 3 is 3.11 bits per heavy atom. The Labute approximate surface area is 120 Å². The molecule has 0 spiro atoms. The van der Waals surface area contributed by atoms with Crippen LogP contribution in [0.25, 0.3) is 10.7 Å². The van der Waals surface area contributed by atoms with E-state index in [1.165, 1.54) is 37.3 Å². The van der Waals surface area contributed by atoms with E-state index in [1.807, 2.05) is 5.38 Å². The summed E-state index contributed by atoms with van der Waals surface area (Å²) in [5.41, 5.74) is 6.50. The van der Waals surface area contributed by atoms with Crippen LogP contribution in [0, 0.1) is 5.92 Å². The molecule has 1 unspecified atom stereocenters. The third kappa shape index (κ3) is 3.10. The number of anilines is 1. The highest BCUT2D eigenvalue weighted by Crippen LogP contribution is 2.27. The number of likely N-dealkylation sites (tertiary alicyclic amines) is 1. The van der Waals surface area contributed by atoms with Crippen molar-refractivity contribution < 1.29 is 0 Å². The van der Waals surface area contributed by atoms with Crippen molar-refractivity contribution in [3.8, 4) is 10.7 Å². The molecule has 3 rings (SSSR count). The second-order valence-corrected chi connectivity index (χ2v) is 7.01. The van der Waals surface area contributed by atoms with Gasteiger partial charge in [-0.05, 0) is 25.3 Å². The van der Waals surface area contributed by atoms with Crippen molar-refractivity contribution in [3.63, 3.8) is 0 Å². The van der Waals surface area contributed by atoms with E-state index in [-0.39, 0.29) is 0 Å². The van der Waals surface area contributed by atoms with Gasteiger partial charge >= 0.3 is 0 Å². The first-order valence-electron chi connectivity index (χ1n) is 6.47. The SMILES string of the molecule is CC1CCCN(Cc2nc(-c3nnc(N)s3)cs2)C1. The van der Waals surface area contributed by atoms with E-state index in [2.05, 4.69) is 27.0 Å². The minimum absolute atomic E-state index is 0.495. The molecule has 1 atom stereocenters. The van der Waals surface area contributed by atoms with Gasteiger partial charge in [0.25, 0.3) is 0 Å². The second kappa shape index (κ2) is 5.52. The van der Waals surface area contributed by atoms with Crippen molar-refractivity contribution in [2.24, 2.45) is 5.92 Å². The van der Waals surface area contributed by atoms with E-state index in [1.54, 1.807) is 11.3 Å². The van der Waals surface area contributed by atoms with Crippen LogP contribution in [0.4, 0.5) is 5.13 Å². The van der Waals surface area contributed by atoms with Crippen LogP contribution in [0.2, 0.25) is 0 Å². The number of aromatic nitrogens is 3. The summed E-state index contributed by atoms with van der Waals surface area (Å²) < 4.78 is 0. The molecule has 0 aromatic carbocycles. The molecule has 0 amide bonds. The van der Waals surface area contributed by atoms with Crippen LogP contribution in [0.15, 0.2) is 5.38 Å². The van der Waals surface area contributed by atoms with Gasteiger partial charge in [0.2, 0.25) is 5.13 Å². The topological polar surface area (TPSA) is 67.9 Å². The lowest BCUT2D eigenvalue weighted by Gasteiger charge is -2.29. The summed E-state index contributed by atoms with van der Waals surface area (Å²) in [6, 6.07) is 0. The Balaban J connectivity index is 1.68. The first kappa shape index (κ1) is 13.0. The van der Waals surface area contributed by atoms with E-state index in [4.69, 9.17) is 5.73 Å². The molecule has 1 aliphatic heterocycles. The van der Waals surface area contributed by atoms with Gasteiger partial charge in [-0.15, -0.1) is 21.5 Å². The lowest BCUT2D eigenvalue weighted by atomic mass is 10.0. The summed E-state index contributed by atoms with van der Waals surface area (Å²) in [4.78, 5) is 7.13. The van der Waals surface area contributed by atoms with Crippen LogP contribution in [0.3, 0.4) is 0 Å². The number of nitrogens with two attached hydrogens (primary N) is 1. The lowest BCUT2D eigenvalue weighted by molar-refractivity contribution is 0.176. The lowest BCUT2D eigenvalue weighted by Crippen LogP contribution is -2.33. The van der Waals surface area contributed by atoms with Crippen molar-refractivity contribution in [1.29, 1.82) is 0 Å². The minimum Gasteiger partial charge on any atom is -0.374 e. The maximum Gasteiger partial charge on any atom is 0.203 e. The van der Waals surface area contributed by atoms with Crippen molar-refractivity contribution in [3.05, 3.63) is 10.4 Å². The summed E-state index contributed by atoms with van der Waals surface area (Å²) >= 11 is 3.08. The summed E-state index contributed by atoms with van der Waals surface area (Å²) in [5, 5.41) is 12.4. The monoisotopic (exact) mass is 295 g/mol. The molecule has 0 bridgehead atoms. The second-order valence-electron chi connectivity index (χ2n) is 5.05. The van der Waals surface area contributed by atoms with E-state index in [0.29, 0.717) is 5.13 Å². The zero-order valence-corrected chi connectivity index (χ0v) is 12.5. The molecule has 0 saturated carbocycles. The molecule has 1 fully saturated rings. The van der Waals surface area contributed by atoms with E-state index in [9.17, 15) is 0 Å². The molecule has 1 saturated heterocycles. The van der Waals surface area contributed by atoms with Gasteiger partial charge in [-0.2, -0.15) is 0 Å². The molecule has 2 N–H and O–H groups in total. The Hall–Kier alpha value is -1.05. The van der Waals surface area contributed by atoms with Gasteiger partial charge in [0.05, 0.1) is 6.54 Å². The molecule has 19 heavy (non-hydrogen) atoms. The van der Waals surface area contributed by atoms with Gasteiger partial charge in [-0.1, -0.05) is 18.3 Å². The average Bonchev–Trinajstić information content (AvgIpc) is 2.98. The van der Waals surface area contributed by atoms with Gasteiger partial charge in [0, 0.05) is 11.9 Å². The first-order valence-corrected chi connectivity index (χ1v) is 8.16. The molecule has 0 aliphatic carbocycles. The normalized spacial score (nSPS) is 20.8. The van der Waals surface area contributed by atoms with E-state index in [0.717, 1.165) is 28.2 Å². The first-order chi connectivity index (χ1) is 9.20. The molecule has 2 aromatic rings. The summed E-state index contributed by atoms with van der Waals surface area (Å²) in [6.45, 7) is 5.64. The highest BCUT2D eigenvalue weighted by molar-refractivity contribution is 7.18. The predicted molar refractivity (Wildman–Crippen MR) is 79.1 cm³/mol. The quantitative estimate of drug-likeness (QED) is 0.942. The van der Waals surface area contributed by atoms with E-state index < -0.39 is 0 Å². The van der Waals surface area contributed by atoms with Gasteiger partial charge in [-0.25, -0.2) is 4.98 Å². The van der Waals surface area contributed by atoms with Crippen LogP contribution in [0.5, 0.6) is 0 Å². The number of hydrogen-bond acceptors (Lipinski definition) is 7. The maximum absolute atomic E-state index is 5.60. The third-order valence-electron chi connectivity index (χ3n) is 3.31. The van der Waals surface area contributed by atoms with Gasteiger partial charge in [0.1, 0.15) is 10.7 Å². The Morgan fingerprint density at radius 2 is 2.37 bits per heavy atom. The number of rotatable bonds is 3. The highest BCUT2D eigenvalue weighted by Gasteiger charge is 2.18. The number of hydrogen-bond donors (Lipinski definition) is 1. The van der Waals surface area contributed by atoms with Crippen LogP contribution in [-0.2, 0) is 6.54 Å². The highest BCUT2D eigenvalue weighted by atomic mass is 32.1. The van der Waals surface area contributed by atoms with E-state index >= 15 is 0 Å². The number of piperidine rings is 1. The number of nitrogen functional groups attached to an aromatic ring is 1. The fourth-order valence-corrected chi connectivity index (χ4v) is 3.91. The van der Waals surface area contributed by atoms with Crippen LogP contribution < -0.4 is 5.73 Å². The Bertz CT molecular complexity index is 550. The van der Waals surface area contributed by atoms with Gasteiger partial charge in [-0.3, -0.25) is 4.90 Å². The summed E-state index contributed by atoms with van der Waals surface area (Å²) in [7, 11) is 0. The molecule has 7 heteroatoms. The molecule has 2 aromatic heterocycles. The Kier molecular flexibility index (Phi) is 3.76. The largest absolute Gasteiger partial charge is 0.374 e. The van der Waals surface area contributed by atoms with Crippen molar-refractivity contribution in [1.82, 2.24) is 20.1 Å². The van der Waals surface area contributed by atoms with Crippen molar-refractivity contribution in [2.75, 3.05) is 18.8 Å². The molecular weight excluding hydrogens is 278 g/mol. The van der Waals surface area contributed by atoms with Gasteiger partial charge < -0.3 is 5.73 Å². The fourth-order valence-electron chi connectivity index (χ4n) is 2.44. The van der Waals surface area contributed by atoms with Crippen molar-refractivity contribution in [2.45, 2.75) is 26.3 Å². The molecule has 5 nitrogen and oxygen atoms in total. The standard InChI is InChI=1S/C12H17N5S2/c1-8-3-2-4-17(5-8)6-10-14-9(7-18-10)11-15-16-12(13)19-11/h7-8H,2-6H2,1H3,(H2,13,16). The zero-order valence-electron chi connectivity index (χ0n) is 10.9. The molecule has 0 radical (unpaired) electrons. The number of thiazole rings is 1. The fraction of sp³-hybridized carbons (Fsp3) is 0.583. The van der Waals surface area contributed by atoms with Crippen molar-refractivity contribution >= 4 is 27.8 Å².